The quantitative estimate of drug-likeness (QED) is 0.616. The van der Waals surface area contributed by atoms with Crippen molar-refractivity contribution in [3.63, 3.8) is 0 Å². The highest BCUT2D eigenvalue weighted by molar-refractivity contribution is 5.90. The number of anilines is 1. The molecular weight excluding hydrogens is 260 g/mol. The zero-order valence-electron chi connectivity index (χ0n) is 13.0. The topological polar surface area (TPSA) is 49.1 Å². The zero-order chi connectivity index (χ0) is 14.8. The zero-order valence-corrected chi connectivity index (χ0v) is 13.0. The smallest absolute Gasteiger partial charge is 0.104 e. The van der Waals surface area contributed by atoms with Gasteiger partial charge < -0.3 is 5.32 Å². The van der Waals surface area contributed by atoms with Gasteiger partial charge in [0.05, 0.1) is 12.3 Å². The molecule has 4 nitrogen and oxygen atoms in total. The molecule has 0 saturated carbocycles. The number of nitrogens with zero attached hydrogens (tertiary/aromatic N) is 3. The van der Waals surface area contributed by atoms with E-state index < -0.39 is 0 Å². The Morgan fingerprint density at radius 1 is 1.00 bits per heavy atom. The maximum absolute atomic E-state index is 3.95. The highest BCUT2D eigenvalue weighted by atomic mass is 15.4. The van der Waals surface area contributed by atoms with Crippen molar-refractivity contribution in [3.05, 3.63) is 29.8 Å². The minimum Gasteiger partial charge on any atom is -0.380 e. The van der Waals surface area contributed by atoms with E-state index in [1.807, 2.05) is 0 Å². The van der Waals surface area contributed by atoms with Crippen LogP contribution in [0.3, 0.4) is 0 Å². The van der Waals surface area contributed by atoms with E-state index in [2.05, 4.69) is 51.9 Å². The van der Waals surface area contributed by atoms with E-state index in [9.17, 15) is 0 Å². The van der Waals surface area contributed by atoms with Gasteiger partial charge in [0, 0.05) is 5.69 Å². The van der Waals surface area contributed by atoms with Gasteiger partial charge in [0.1, 0.15) is 6.54 Å². The Morgan fingerprint density at radius 2 is 1.76 bits per heavy atom. The van der Waals surface area contributed by atoms with Crippen molar-refractivity contribution in [2.75, 3.05) is 18.4 Å². The fraction of sp³-hybridized carbons (Fsp3) is 0.588. The molecule has 0 bridgehead atoms. The van der Waals surface area contributed by atoms with Crippen LogP contribution in [0.4, 0.5) is 5.69 Å². The monoisotopic (exact) mass is 286 g/mol. The van der Waals surface area contributed by atoms with E-state index in [1.54, 1.807) is 0 Å². The lowest BCUT2D eigenvalue weighted by atomic mass is 10.0. The first kappa shape index (κ1) is 15.7. The van der Waals surface area contributed by atoms with Crippen LogP contribution in [0.25, 0.3) is 0 Å². The molecule has 0 spiro atoms. The Morgan fingerprint density at radius 3 is 2.48 bits per heavy atom. The molecule has 1 aliphatic heterocycles. The second-order valence-electron chi connectivity index (χ2n) is 5.62. The van der Waals surface area contributed by atoms with Crippen LogP contribution >= 0.6 is 0 Å². The van der Waals surface area contributed by atoms with Crippen LogP contribution in [0.2, 0.25) is 0 Å². The summed E-state index contributed by atoms with van der Waals surface area (Å²) in [6, 6.07) is 8.74. The molecule has 0 radical (unpaired) electrons. The van der Waals surface area contributed by atoms with Crippen LogP contribution in [0.15, 0.2) is 39.7 Å². The van der Waals surface area contributed by atoms with Crippen LogP contribution in [-0.2, 0) is 6.42 Å². The fourth-order valence-corrected chi connectivity index (χ4v) is 2.43. The van der Waals surface area contributed by atoms with Crippen molar-refractivity contribution in [1.82, 2.24) is 0 Å². The van der Waals surface area contributed by atoms with Gasteiger partial charge in [-0.25, -0.2) is 0 Å². The molecule has 0 amide bonds. The van der Waals surface area contributed by atoms with E-state index in [0.717, 1.165) is 17.9 Å². The molecule has 1 heterocycles. The van der Waals surface area contributed by atoms with Gasteiger partial charge in [0.15, 0.2) is 0 Å². The number of aryl methyl sites for hydroxylation is 1. The van der Waals surface area contributed by atoms with Crippen molar-refractivity contribution >= 4 is 11.4 Å². The average molecular weight is 286 g/mol. The highest BCUT2D eigenvalue weighted by Crippen LogP contribution is 2.13. The van der Waals surface area contributed by atoms with Gasteiger partial charge in [-0.15, -0.1) is 5.10 Å². The van der Waals surface area contributed by atoms with E-state index in [0.29, 0.717) is 6.54 Å². The van der Waals surface area contributed by atoms with E-state index >= 15 is 0 Å². The van der Waals surface area contributed by atoms with Gasteiger partial charge in [-0.2, -0.15) is 5.11 Å². The van der Waals surface area contributed by atoms with Crippen molar-refractivity contribution in [3.8, 4) is 0 Å². The molecular formula is C17H26N4. The average Bonchev–Trinajstić information content (AvgIpc) is 3.03. The Bertz CT molecular complexity index is 462. The van der Waals surface area contributed by atoms with Gasteiger partial charge in [-0.05, 0) is 35.8 Å². The second kappa shape index (κ2) is 9.27. The van der Waals surface area contributed by atoms with Crippen LogP contribution in [-0.4, -0.2) is 18.8 Å². The number of unbranched alkanes of at least 4 members (excludes halogenated alkanes) is 5. The molecule has 0 atom stereocenters. The maximum Gasteiger partial charge on any atom is 0.104 e. The largest absolute Gasteiger partial charge is 0.380 e. The number of benzene rings is 1. The van der Waals surface area contributed by atoms with Gasteiger partial charge in [0.2, 0.25) is 0 Å². The third kappa shape index (κ3) is 6.06. The lowest BCUT2D eigenvalue weighted by Gasteiger charge is -2.07. The molecule has 0 aromatic heterocycles. The Kier molecular flexibility index (Phi) is 6.92. The van der Waals surface area contributed by atoms with Crippen LogP contribution in [0, 0.1) is 0 Å². The van der Waals surface area contributed by atoms with E-state index in [1.165, 1.54) is 50.5 Å². The number of nitrogens with one attached hydrogen (secondary N) is 1. The Balaban J connectivity index is 1.62. The van der Waals surface area contributed by atoms with Crippen LogP contribution in [0.1, 0.15) is 51.0 Å². The molecule has 0 unspecified atom stereocenters. The third-order valence-electron chi connectivity index (χ3n) is 3.77. The summed E-state index contributed by atoms with van der Waals surface area (Å²) < 4.78 is 0. The minimum atomic E-state index is 0.628. The first-order valence-electron chi connectivity index (χ1n) is 8.13. The molecule has 2 rings (SSSR count). The third-order valence-corrected chi connectivity index (χ3v) is 3.77. The number of rotatable bonds is 10. The van der Waals surface area contributed by atoms with E-state index in [4.69, 9.17) is 0 Å². The molecule has 1 aliphatic rings. The Labute approximate surface area is 127 Å². The molecule has 0 aliphatic carbocycles. The molecule has 0 saturated heterocycles. The van der Waals surface area contributed by atoms with Gasteiger partial charge in [-0.1, -0.05) is 51.2 Å². The van der Waals surface area contributed by atoms with Gasteiger partial charge in [-0.3, -0.25) is 0 Å². The second-order valence-corrected chi connectivity index (χ2v) is 5.62. The van der Waals surface area contributed by atoms with Crippen LogP contribution in [0.5, 0.6) is 0 Å². The van der Waals surface area contributed by atoms with Crippen LogP contribution < -0.4 is 5.32 Å². The summed E-state index contributed by atoms with van der Waals surface area (Å²) in [6.07, 6.45) is 9.32. The predicted octanol–water partition coefficient (Wildman–Crippen LogP) is 4.82. The lowest BCUT2D eigenvalue weighted by molar-refractivity contribution is 0.607. The Hall–Kier alpha value is -1.71. The summed E-state index contributed by atoms with van der Waals surface area (Å²) in [7, 11) is 0. The molecule has 1 aromatic carbocycles. The van der Waals surface area contributed by atoms with Gasteiger partial charge >= 0.3 is 0 Å². The summed E-state index contributed by atoms with van der Waals surface area (Å²) in [5.74, 6) is 0. The summed E-state index contributed by atoms with van der Waals surface area (Å²) >= 11 is 0. The summed E-state index contributed by atoms with van der Waals surface area (Å²) in [5.41, 5.74) is 3.56. The van der Waals surface area contributed by atoms with Crippen molar-refractivity contribution in [2.24, 2.45) is 15.4 Å². The predicted molar refractivity (Wildman–Crippen MR) is 89.2 cm³/mol. The highest BCUT2D eigenvalue weighted by Gasteiger charge is 2.03. The summed E-state index contributed by atoms with van der Waals surface area (Å²) in [6.45, 7) is 3.62. The maximum atomic E-state index is 3.95. The molecule has 21 heavy (non-hydrogen) atoms. The van der Waals surface area contributed by atoms with Crippen molar-refractivity contribution < 1.29 is 0 Å². The lowest BCUT2D eigenvalue weighted by Crippen LogP contribution is -2.14. The molecule has 4 heteroatoms. The molecule has 1 N–H and O–H groups in total. The molecule has 1 aromatic rings. The number of hydrogen-bond acceptors (Lipinski definition) is 4. The fourth-order valence-electron chi connectivity index (χ4n) is 2.43. The standard InChI is InChI=1S/C17H26N4/c1-2-3-4-5-6-7-8-15-9-11-16(12-10-15)18-13-17-14-19-21-20-17/h9-12,18H,2-8,13-14H2,1H3. The summed E-state index contributed by atoms with van der Waals surface area (Å²) in [5, 5.41) is 14.8. The first-order chi connectivity index (χ1) is 10.4. The first-order valence-corrected chi connectivity index (χ1v) is 8.13. The minimum absolute atomic E-state index is 0.628. The SMILES string of the molecule is CCCCCCCCc1ccc(NCC2=NN=NC2)cc1. The number of hydrogen-bond donors (Lipinski definition) is 1. The summed E-state index contributed by atoms with van der Waals surface area (Å²) in [4.78, 5) is 0. The molecule has 114 valence electrons. The molecule has 0 fully saturated rings. The van der Waals surface area contributed by atoms with E-state index in [-0.39, 0.29) is 0 Å². The normalized spacial score (nSPS) is 13.5. The van der Waals surface area contributed by atoms with Crippen molar-refractivity contribution in [1.29, 1.82) is 0 Å². The van der Waals surface area contributed by atoms with Gasteiger partial charge in [0.25, 0.3) is 0 Å². The van der Waals surface area contributed by atoms with Crippen molar-refractivity contribution in [2.45, 2.75) is 51.9 Å².